The predicted molar refractivity (Wildman–Crippen MR) is 84.1 cm³/mol. The summed E-state index contributed by atoms with van der Waals surface area (Å²) in [6.07, 6.45) is 0.449. The van der Waals surface area contributed by atoms with Crippen LogP contribution in [0, 0.1) is 0 Å². The molecule has 2 bridgehead atoms. The molecule has 1 aromatic carbocycles. The maximum Gasteiger partial charge on any atom is 0.166 e. The van der Waals surface area contributed by atoms with E-state index in [-0.39, 0.29) is 16.0 Å². The lowest BCUT2D eigenvalue weighted by atomic mass is 9.86. The van der Waals surface area contributed by atoms with Gasteiger partial charge in [-0.15, -0.1) is 23.2 Å². The monoisotopic (exact) mass is 374 g/mol. The fourth-order valence-corrected chi connectivity index (χ4v) is 5.74. The van der Waals surface area contributed by atoms with Crippen LogP contribution in [0.1, 0.15) is 17.9 Å². The summed E-state index contributed by atoms with van der Waals surface area (Å²) in [5, 5.41) is 0.499. The van der Waals surface area contributed by atoms with Crippen molar-refractivity contribution in [2.45, 2.75) is 26.4 Å². The first-order valence-corrected chi connectivity index (χ1v) is 7.90. The Labute approximate surface area is 141 Å². The molecule has 0 unspecified atom stereocenters. The summed E-state index contributed by atoms with van der Waals surface area (Å²) in [6, 6.07) is 9.68. The van der Waals surface area contributed by atoms with Gasteiger partial charge >= 0.3 is 0 Å². The van der Waals surface area contributed by atoms with E-state index in [2.05, 4.69) is 0 Å². The number of allylic oxidation sites excluding steroid dienone is 2. The molecule has 0 spiro atoms. The molecule has 0 amide bonds. The highest BCUT2D eigenvalue weighted by atomic mass is 35.5. The zero-order chi connectivity index (χ0) is 14.1. The Hall–Kier alpha value is 0.700. The van der Waals surface area contributed by atoms with Crippen LogP contribution in [0.3, 0.4) is 0 Å². The van der Waals surface area contributed by atoms with Gasteiger partial charge in [-0.05, 0) is 12.0 Å². The van der Waals surface area contributed by atoms with Gasteiger partial charge in [0.05, 0.1) is 10.1 Å². The van der Waals surface area contributed by atoms with Crippen LogP contribution >= 0.6 is 69.6 Å². The molecule has 19 heavy (non-hydrogen) atoms. The van der Waals surface area contributed by atoms with E-state index in [0.29, 0.717) is 6.42 Å². The summed E-state index contributed by atoms with van der Waals surface area (Å²) >= 11 is 38.6. The zero-order valence-electron chi connectivity index (χ0n) is 9.44. The average Bonchev–Trinajstić information content (AvgIpc) is 2.62. The van der Waals surface area contributed by atoms with E-state index < -0.39 is 14.1 Å². The minimum absolute atomic E-state index is 0.183. The molecule has 2 aliphatic rings. The number of rotatable bonds is 1. The van der Waals surface area contributed by atoms with Gasteiger partial charge in [0.25, 0.3) is 0 Å². The molecule has 6 heteroatoms. The van der Waals surface area contributed by atoms with Crippen LogP contribution < -0.4 is 0 Å². The van der Waals surface area contributed by atoms with Crippen molar-refractivity contribution in [3.8, 4) is 0 Å². The van der Waals surface area contributed by atoms with Crippen LogP contribution in [0.5, 0.6) is 0 Å². The van der Waals surface area contributed by atoms with Crippen LogP contribution in [0.25, 0.3) is 0 Å². The zero-order valence-corrected chi connectivity index (χ0v) is 14.0. The van der Waals surface area contributed by atoms with Crippen molar-refractivity contribution < 1.29 is 0 Å². The Morgan fingerprint density at radius 1 is 0.895 bits per heavy atom. The quantitative estimate of drug-likeness (QED) is 0.527. The van der Waals surface area contributed by atoms with Crippen molar-refractivity contribution in [2.24, 2.45) is 0 Å². The van der Waals surface area contributed by atoms with Gasteiger partial charge in [-0.25, -0.2) is 0 Å². The Morgan fingerprint density at radius 3 is 1.95 bits per heavy atom. The second-order valence-electron chi connectivity index (χ2n) is 4.88. The van der Waals surface area contributed by atoms with E-state index in [4.69, 9.17) is 69.6 Å². The Morgan fingerprint density at radius 2 is 1.47 bits per heavy atom. The number of benzene rings is 1. The largest absolute Gasteiger partial charge is 0.166 e. The van der Waals surface area contributed by atoms with Crippen molar-refractivity contribution >= 4 is 69.6 Å². The summed E-state index contributed by atoms with van der Waals surface area (Å²) in [7, 11) is 0. The molecule has 1 fully saturated rings. The summed E-state index contributed by atoms with van der Waals surface area (Å²) in [4.78, 5) is -2.34. The van der Waals surface area contributed by atoms with Crippen molar-refractivity contribution in [3.63, 3.8) is 0 Å². The summed E-state index contributed by atoms with van der Waals surface area (Å²) in [5.41, 5.74) is 0.994. The highest BCUT2D eigenvalue weighted by Crippen LogP contribution is 2.76. The summed E-state index contributed by atoms with van der Waals surface area (Å²) < 4.78 is -1.45. The predicted octanol–water partition coefficient (Wildman–Crippen LogP) is 6.01. The van der Waals surface area contributed by atoms with E-state index >= 15 is 0 Å². The van der Waals surface area contributed by atoms with E-state index in [1.165, 1.54) is 0 Å². The topological polar surface area (TPSA) is 0 Å². The molecule has 0 aliphatic heterocycles. The van der Waals surface area contributed by atoms with E-state index in [9.17, 15) is 0 Å². The van der Waals surface area contributed by atoms with Crippen LogP contribution in [-0.4, -0.2) is 14.1 Å². The first-order valence-electron chi connectivity index (χ1n) is 5.63. The maximum absolute atomic E-state index is 6.70. The average molecular weight is 377 g/mol. The van der Waals surface area contributed by atoms with Crippen molar-refractivity contribution in [1.29, 1.82) is 0 Å². The van der Waals surface area contributed by atoms with Crippen molar-refractivity contribution in [2.75, 3.05) is 0 Å². The molecule has 0 saturated heterocycles. The fraction of sp³-hybridized carbons (Fsp3) is 0.385. The molecule has 0 N–H and O–H groups in total. The first kappa shape index (κ1) is 14.6. The van der Waals surface area contributed by atoms with Crippen molar-refractivity contribution in [1.82, 2.24) is 0 Å². The first-order chi connectivity index (χ1) is 8.77. The summed E-state index contributed by atoms with van der Waals surface area (Å²) in [5.74, 6) is -0.183. The van der Waals surface area contributed by atoms with Crippen LogP contribution in [0.2, 0.25) is 0 Å². The Kier molecular flexibility index (Phi) is 3.35. The maximum atomic E-state index is 6.70. The molecule has 1 aromatic rings. The number of fused-ring (bicyclic) bond motifs is 2. The fourth-order valence-electron chi connectivity index (χ4n) is 2.94. The van der Waals surface area contributed by atoms with Gasteiger partial charge in [-0.1, -0.05) is 76.7 Å². The number of alkyl halides is 4. The minimum Gasteiger partial charge on any atom is -0.110 e. The lowest BCUT2D eigenvalue weighted by Gasteiger charge is -2.34. The van der Waals surface area contributed by atoms with Crippen LogP contribution in [0.15, 0.2) is 40.4 Å². The third kappa shape index (κ3) is 1.57. The van der Waals surface area contributed by atoms with E-state index in [1.54, 1.807) is 0 Å². The Balaban J connectivity index is 2.20. The molecule has 0 nitrogen and oxygen atoms in total. The molecular formula is C13H8Cl6. The van der Waals surface area contributed by atoms with Gasteiger partial charge in [0.15, 0.2) is 4.33 Å². The van der Waals surface area contributed by atoms with Gasteiger partial charge in [0.1, 0.15) is 9.75 Å². The number of hydrogen-bond acceptors (Lipinski definition) is 0. The molecule has 0 heterocycles. The second-order valence-corrected chi connectivity index (χ2v) is 8.21. The van der Waals surface area contributed by atoms with Crippen LogP contribution in [0.4, 0.5) is 0 Å². The molecule has 2 aliphatic carbocycles. The van der Waals surface area contributed by atoms with Gasteiger partial charge in [0, 0.05) is 5.92 Å². The molecule has 102 valence electrons. The molecule has 0 radical (unpaired) electrons. The van der Waals surface area contributed by atoms with E-state index in [0.717, 1.165) is 5.56 Å². The lowest BCUT2D eigenvalue weighted by Crippen LogP contribution is -2.43. The van der Waals surface area contributed by atoms with Gasteiger partial charge in [-0.3, -0.25) is 0 Å². The molecule has 3 atom stereocenters. The highest BCUT2D eigenvalue weighted by molar-refractivity contribution is 6.65. The minimum atomic E-state index is -1.45. The molecule has 1 saturated carbocycles. The normalized spacial score (nSPS) is 40.0. The number of halogens is 6. The van der Waals surface area contributed by atoms with Gasteiger partial charge in [0.2, 0.25) is 0 Å². The smallest absolute Gasteiger partial charge is 0.110 e. The van der Waals surface area contributed by atoms with E-state index in [1.807, 2.05) is 30.3 Å². The highest BCUT2D eigenvalue weighted by Gasteiger charge is 2.78. The molecular weight excluding hydrogens is 369 g/mol. The van der Waals surface area contributed by atoms with Gasteiger partial charge in [-0.2, -0.15) is 0 Å². The molecule has 3 rings (SSSR count). The standard InChI is InChI=1S/C13H8Cl6/c14-9-10(15)12(17)8(7-4-2-1-3-5-7)6-11(9,16)13(12,18)19/h1-5,8H,6H2/t8-,11+,12-/m0/s1. The van der Waals surface area contributed by atoms with Crippen molar-refractivity contribution in [3.05, 3.63) is 46.0 Å². The van der Waals surface area contributed by atoms with Gasteiger partial charge < -0.3 is 0 Å². The third-order valence-corrected chi connectivity index (χ3v) is 8.26. The van der Waals surface area contributed by atoms with Crippen LogP contribution in [-0.2, 0) is 0 Å². The number of hydrogen-bond donors (Lipinski definition) is 0. The Bertz CT molecular complexity index is 566. The third-order valence-electron chi connectivity index (χ3n) is 3.98. The lowest BCUT2D eigenvalue weighted by molar-refractivity contribution is 0.601. The molecule has 0 aromatic heterocycles. The SMILES string of the molecule is ClC1=C(Cl)[C@@]2(Cl)[C@H](c3ccccc3)C[C@]1(Cl)C2(Cl)Cl. The second kappa shape index (κ2) is 4.35. The summed E-state index contributed by atoms with van der Waals surface area (Å²) in [6.45, 7) is 0.